The summed E-state index contributed by atoms with van der Waals surface area (Å²) in [5.41, 5.74) is -0.498. The molecule has 1 aromatic rings. The van der Waals surface area contributed by atoms with Gasteiger partial charge in [0.25, 0.3) is 5.91 Å². The maximum absolute atomic E-state index is 12.6. The Hall–Kier alpha value is -1.69. The molecule has 2 bridgehead atoms. The molecule has 3 heterocycles. The fourth-order valence-corrected chi connectivity index (χ4v) is 3.69. The summed E-state index contributed by atoms with van der Waals surface area (Å²) in [5.74, 6) is 0.525. The lowest BCUT2D eigenvalue weighted by Crippen LogP contribution is -2.55. The van der Waals surface area contributed by atoms with Crippen LogP contribution < -0.4 is 0 Å². The number of amides is 2. The molecule has 2 aliphatic rings. The van der Waals surface area contributed by atoms with Crippen LogP contribution in [0.2, 0.25) is 5.02 Å². The number of fused-ring (bicyclic) bond motifs is 2. The fourth-order valence-electron chi connectivity index (χ4n) is 3.51. The molecule has 0 aromatic carbocycles. The lowest BCUT2D eigenvalue weighted by molar-refractivity contribution is -0.00762. The first-order chi connectivity index (χ1) is 11.2. The van der Waals surface area contributed by atoms with E-state index in [1.165, 1.54) is 6.26 Å². The van der Waals surface area contributed by atoms with Crippen LogP contribution in [-0.2, 0) is 4.74 Å². The van der Waals surface area contributed by atoms with Crippen molar-refractivity contribution >= 4 is 23.6 Å². The normalized spacial score (nSPS) is 24.0. The first-order valence-electron chi connectivity index (χ1n) is 8.23. The van der Waals surface area contributed by atoms with Crippen LogP contribution in [0.5, 0.6) is 0 Å². The third-order valence-corrected chi connectivity index (χ3v) is 4.63. The van der Waals surface area contributed by atoms with Crippen molar-refractivity contribution in [1.82, 2.24) is 9.80 Å². The molecule has 2 atom stereocenters. The minimum Gasteiger partial charge on any atom is -0.458 e. The molecule has 0 saturated carbocycles. The molecule has 1 aromatic heterocycles. The molecule has 6 nitrogen and oxygen atoms in total. The minimum atomic E-state index is -0.498. The molecule has 0 radical (unpaired) electrons. The SMILES string of the molecule is CC(C)(C)OC(=O)N1C[C@H]2C[C@@H](C1)CN(C(=O)c1occc1Cl)C2. The average Bonchev–Trinajstić information content (AvgIpc) is 2.89. The number of carbonyl (C=O) groups excluding carboxylic acids is 2. The highest BCUT2D eigenvalue weighted by Gasteiger charge is 2.39. The summed E-state index contributed by atoms with van der Waals surface area (Å²) in [6.45, 7) is 8.02. The van der Waals surface area contributed by atoms with Crippen LogP contribution in [0.1, 0.15) is 37.7 Å². The highest BCUT2D eigenvalue weighted by Crippen LogP contribution is 2.31. The van der Waals surface area contributed by atoms with Gasteiger partial charge in [-0.2, -0.15) is 0 Å². The molecule has 2 amide bonds. The molecule has 0 N–H and O–H groups in total. The number of ether oxygens (including phenoxy) is 1. The molecule has 3 rings (SSSR count). The van der Waals surface area contributed by atoms with E-state index in [-0.39, 0.29) is 29.6 Å². The molecule has 2 saturated heterocycles. The average molecular weight is 355 g/mol. The maximum atomic E-state index is 12.6. The zero-order valence-electron chi connectivity index (χ0n) is 14.3. The number of likely N-dealkylation sites (tertiary alicyclic amines) is 2. The summed E-state index contributed by atoms with van der Waals surface area (Å²) in [5, 5.41) is 0.339. The molecule has 132 valence electrons. The summed E-state index contributed by atoms with van der Waals surface area (Å²) in [6, 6.07) is 1.57. The summed E-state index contributed by atoms with van der Waals surface area (Å²) >= 11 is 5.99. The van der Waals surface area contributed by atoms with Gasteiger partial charge in [-0.05, 0) is 45.1 Å². The van der Waals surface area contributed by atoms with E-state index in [1.54, 1.807) is 15.9 Å². The highest BCUT2D eigenvalue weighted by molar-refractivity contribution is 6.33. The van der Waals surface area contributed by atoms with Crippen molar-refractivity contribution in [2.75, 3.05) is 26.2 Å². The lowest BCUT2D eigenvalue weighted by Gasteiger charge is -2.45. The van der Waals surface area contributed by atoms with Gasteiger partial charge in [0.05, 0.1) is 11.3 Å². The van der Waals surface area contributed by atoms with Gasteiger partial charge >= 0.3 is 6.09 Å². The maximum Gasteiger partial charge on any atom is 0.410 e. The van der Waals surface area contributed by atoms with E-state index in [4.69, 9.17) is 20.8 Å². The van der Waals surface area contributed by atoms with Crippen molar-refractivity contribution in [3.63, 3.8) is 0 Å². The third kappa shape index (κ3) is 3.69. The molecule has 2 fully saturated rings. The lowest BCUT2D eigenvalue weighted by atomic mass is 9.84. The molecule has 0 unspecified atom stereocenters. The number of rotatable bonds is 1. The van der Waals surface area contributed by atoms with E-state index >= 15 is 0 Å². The van der Waals surface area contributed by atoms with Crippen molar-refractivity contribution in [2.45, 2.75) is 32.8 Å². The number of hydrogen-bond donors (Lipinski definition) is 0. The highest BCUT2D eigenvalue weighted by atomic mass is 35.5. The van der Waals surface area contributed by atoms with E-state index in [2.05, 4.69) is 0 Å². The monoisotopic (exact) mass is 354 g/mol. The fraction of sp³-hybridized carbons (Fsp3) is 0.647. The van der Waals surface area contributed by atoms with Crippen molar-refractivity contribution in [1.29, 1.82) is 0 Å². The number of carbonyl (C=O) groups is 2. The van der Waals surface area contributed by atoms with Gasteiger partial charge in [-0.3, -0.25) is 4.79 Å². The van der Waals surface area contributed by atoms with Crippen molar-refractivity contribution in [3.8, 4) is 0 Å². The molecular formula is C17H23ClN2O4. The van der Waals surface area contributed by atoms with Crippen LogP contribution in [0.3, 0.4) is 0 Å². The molecule has 0 aliphatic carbocycles. The Labute approximate surface area is 146 Å². The molecule has 2 aliphatic heterocycles. The van der Waals surface area contributed by atoms with Crippen LogP contribution >= 0.6 is 11.6 Å². The van der Waals surface area contributed by atoms with Crippen LogP contribution in [0.15, 0.2) is 16.7 Å². The Morgan fingerprint density at radius 1 is 1.17 bits per heavy atom. The molecule has 7 heteroatoms. The van der Waals surface area contributed by atoms with Crippen molar-refractivity contribution in [2.24, 2.45) is 11.8 Å². The summed E-state index contributed by atoms with van der Waals surface area (Å²) in [4.78, 5) is 28.4. The summed E-state index contributed by atoms with van der Waals surface area (Å²) < 4.78 is 10.7. The van der Waals surface area contributed by atoms with Crippen molar-refractivity contribution < 1.29 is 18.7 Å². The Balaban J connectivity index is 1.64. The predicted octanol–water partition coefficient (Wildman–Crippen LogP) is 3.26. The smallest absolute Gasteiger partial charge is 0.410 e. The number of halogens is 1. The topological polar surface area (TPSA) is 63.0 Å². The number of furan rings is 1. The van der Waals surface area contributed by atoms with Gasteiger partial charge in [-0.15, -0.1) is 0 Å². The Morgan fingerprint density at radius 3 is 2.25 bits per heavy atom. The Morgan fingerprint density at radius 2 is 1.75 bits per heavy atom. The van der Waals surface area contributed by atoms with Crippen LogP contribution in [0.4, 0.5) is 4.79 Å². The van der Waals surface area contributed by atoms with Gasteiger partial charge in [0.15, 0.2) is 0 Å². The number of hydrogen-bond acceptors (Lipinski definition) is 4. The second kappa shape index (κ2) is 6.31. The summed E-state index contributed by atoms with van der Waals surface area (Å²) in [7, 11) is 0. The van der Waals surface area contributed by atoms with Gasteiger partial charge in [0.2, 0.25) is 5.76 Å². The zero-order valence-corrected chi connectivity index (χ0v) is 15.0. The number of piperidine rings is 2. The van der Waals surface area contributed by atoms with E-state index < -0.39 is 5.60 Å². The van der Waals surface area contributed by atoms with Gasteiger partial charge in [-0.25, -0.2) is 4.79 Å². The largest absolute Gasteiger partial charge is 0.458 e. The molecule has 24 heavy (non-hydrogen) atoms. The predicted molar refractivity (Wildman–Crippen MR) is 89.0 cm³/mol. The van der Waals surface area contributed by atoms with E-state index in [9.17, 15) is 9.59 Å². The van der Waals surface area contributed by atoms with Crippen LogP contribution in [0.25, 0.3) is 0 Å². The number of nitrogens with zero attached hydrogens (tertiary/aromatic N) is 2. The standard InChI is InChI=1S/C17H23ClN2O4/c1-17(2,3)24-16(22)20-9-11-6-12(10-20)8-19(7-11)15(21)14-13(18)4-5-23-14/h4-5,11-12H,6-10H2,1-3H3/t11-,12+. The van der Waals surface area contributed by atoms with E-state index in [0.717, 1.165) is 6.42 Å². The van der Waals surface area contributed by atoms with E-state index in [1.807, 2.05) is 20.8 Å². The molecule has 0 spiro atoms. The Bertz CT molecular complexity index is 623. The first kappa shape index (κ1) is 17.1. The van der Waals surface area contributed by atoms with Gasteiger partial charge < -0.3 is 19.0 Å². The first-order valence-corrected chi connectivity index (χ1v) is 8.61. The minimum absolute atomic E-state index is 0.176. The van der Waals surface area contributed by atoms with Crippen LogP contribution in [0, 0.1) is 11.8 Å². The van der Waals surface area contributed by atoms with E-state index in [0.29, 0.717) is 31.2 Å². The second-order valence-electron chi connectivity index (χ2n) is 7.66. The third-order valence-electron chi connectivity index (χ3n) is 4.33. The summed E-state index contributed by atoms with van der Waals surface area (Å²) in [6.07, 6.45) is 2.17. The van der Waals surface area contributed by atoms with Gasteiger partial charge in [0, 0.05) is 26.2 Å². The second-order valence-corrected chi connectivity index (χ2v) is 8.07. The molecular weight excluding hydrogens is 332 g/mol. The zero-order chi connectivity index (χ0) is 17.5. The van der Waals surface area contributed by atoms with Gasteiger partial charge in [0.1, 0.15) is 5.60 Å². The quantitative estimate of drug-likeness (QED) is 0.776. The van der Waals surface area contributed by atoms with Gasteiger partial charge in [-0.1, -0.05) is 11.6 Å². The Kier molecular flexibility index (Phi) is 4.51. The van der Waals surface area contributed by atoms with Crippen LogP contribution in [-0.4, -0.2) is 53.6 Å². The van der Waals surface area contributed by atoms with Crippen molar-refractivity contribution in [3.05, 3.63) is 23.1 Å².